The number of hydrogen-bond acceptors (Lipinski definition) is 4. The van der Waals surface area contributed by atoms with Crippen LogP contribution in [0.5, 0.6) is 0 Å². The predicted octanol–water partition coefficient (Wildman–Crippen LogP) is 2.14. The highest BCUT2D eigenvalue weighted by Gasteiger charge is 2.21. The number of benzene rings is 1. The summed E-state index contributed by atoms with van der Waals surface area (Å²) in [6.45, 7) is 0.450. The van der Waals surface area contributed by atoms with E-state index in [1.807, 2.05) is 6.07 Å². The molecule has 0 saturated heterocycles. The Bertz CT molecular complexity index is 411. The highest BCUT2D eigenvalue weighted by molar-refractivity contribution is 6.30. The summed E-state index contributed by atoms with van der Waals surface area (Å²) >= 11 is 5.73. The van der Waals surface area contributed by atoms with Crippen molar-refractivity contribution in [2.75, 3.05) is 20.3 Å². The van der Waals surface area contributed by atoms with Crippen molar-refractivity contribution in [1.29, 1.82) is 5.26 Å². The molecular formula is C12H12ClNO3. The van der Waals surface area contributed by atoms with Crippen molar-refractivity contribution in [3.05, 3.63) is 34.9 Å². The molecule has 0 fully saturated rings. The molecular weight excluding hydrogens is 242 g/mol. The molecule has 0 aliphatic heterocycles. The molecule has 0 aromatic heterocycles. The first-order chi connectivity index (χ1) is 8.19. The molecule has 0 spiro atoms. The number of methoxy groups -OCH3 is 1. The van der Waals surface area contributed by atoms with Crippen LogP contribution >= 0.6 is 11.6 Å². The van der Waals surface area contributed by atoms with Gasteiger partial charge in [-0.25, -0.2) is 0 Å². The normalized spacial score (nSPS) is 11.6. The fourth-order valence-corrected chi connectivity index (χ4v) is 1.35. The SMILES string of the molecule is COCCOC(=O)C(C#N)c1ccc(Cl)cc1. The summed E-state index contributed by atoms with van der Waals surface area (Å²) in [5.41, 5.74) is 0.569. The van der Waals surface area contributed by atoms with E-state index in [1.54, 1.807) is 24.3 Å². The molecule has 4 nitrogen and oxygen atoms in total. The minimum absolute atomic E-state index is 0.140. The first-order valence-electron chi connectivity index (χ1n) is 4.99. The molecule has 0 aliphatic rings. The molecule has 0 radical (unpaired) electrons. The van der Waals surface area contributed by atoms with E-state index in [4.69, 9.17) is 26.3 Å². The van der Waals surface area contributed by atoms with Crippen LogP contribution in [-0.2, 0) is 14.3 Å². The van der Waals surface area contributed by atoms with Crippen LogP contribution in [0.4, 0.5) is 0 Å². The zero-order chi connectivity index (χ0) is 12.7. The third-order valence-corrected chi connectivity index (χ3v) is 2.35. The molecule has 5 heteroatoms. The summed E-state index contributed by atoms with van der Waals surface area (Å²) < 4.78 is 9.65. The van der Waals surface area contributed by atoms with Crippen LogP contribution in [0.2, 0.25) is 5.02 Å². The predicted molar refractivity (Wildman–Crippen MR) is 62.6 cm³/mol. The van der Waals surface area contributed by atoms with Gasteiger partial charge in [-0.2, -0.15) is 5.26 Å². The molecule has 0 aliphatic carbocycles. The van der Waals surface area contributed by atoms with E-state index in [0.29, 0.717) is 17.2 Å². The minimum atomic E-state index is -0.927. The Morgan fingerprint density at radius 2 is 2.06 bits per heavy atom. The summed E-state index contributed by atoms with van der Waals surface area (Å²) in [5, 5.41) is 9.51. The smallest absolute Gasteiger partial charge is 0.328 e. The van der Waals surface area contributed by atoms with Crippen LogP contribution in [0.25, 0.3) is 0 Å². The van der Waals surface area contributed by atoms with Crippen LogP contribution in [0.1, 0.15) is 11.5 Å². The molecule has 1 aromatic carbocycles. The number of hydrogen-bond donors (Lipinski definition) is 0. The lowest BCUT2D eigenvalue weighted by atomic mass is 10.0. The molecule has 17 heavy (non-hydrogen) atoms. The maximum Gasteiger partial charge on any atom is 0.328 e. The van der Waals surface area contributed by atoms with Crippen molar-refractivity contribution in [2.45, 2.75) is 5.92 Å². The number of ether oxygens (including phenoxy) is 2. The molecule has 0 N–H and O–H groups in total. The van der Waals surface area contributed by atoms with Crippen LogP contribution in [-0.4, -0.2) is 26.3 Å². The lowest BCUT2D eigenvalue weighted by Gasteiger charge is -2.09. The molecule has 0 heterocycles. The number of nitrogens with zero attached hydrogens (tertiary/aromatic N) is 1. The number of esters is 1. The maximum atomic E-state index is 11.6. The van der Waals surface area contributed by atoms with Crippen molar-refractivity contribution in [3.63, 3.8) is 0 Å². The van der Waals surface area contributed by atoms with Crippen molar-refractivity contribution in [3.8, 4) is 6.07 Å². The highest BCUT2D eigenvalue weighted by Crippen LogP contribution is 2.19. The number of rotatable bonds is 5. The zero-order valence-corrected chi connectivity index (χ0v) is 10.1. The van der Waals surface area contributed by atoms with E-state index in [1.165, 1.54) is 7.11 Å². The quantitative estimate of drug-likeness (QED) is 0.596. The third-order valence-electron chi connectivity index (χ3n) is 2.10. The van der Waals surface area contributed by atoms with E-state index in [0.717, 1.165) is 0 Å². The average molecular weight is 254 g/mol. The summed E-state index contributed by atoms with van der Waals surface area (Å²) in [4.78, 5) is 11.6. The summed E-state index contributed by atoms with van der Waals surface area (Å²) in [5.74, 6) is -1.50. The number of carbonyl (C=O) groups excluding carboxylic acids is 1. The van der Waals surface area contributed by atoms with Crippen molar-refractivity contribution >= 4 is 17.6 Å². The topological polar surface area (TPSA) is 59.3 Å². The second kappa shape index (κ2) is 6.89. The molecule has 1 atom stereocenters. The molecule has 0 saturated carbocycles. The fourth-order valence-electron chi connectivity index (χ4n) is 1.23. The summed E-state index contributed by atoms with van der Waals surface area (Å²) in [6.07, 6.45) is 0. The van der Waals surface area contributed by atoms with E-state index in [2.05, 4.69) is 0 Å². The Hall–Kier alpha value is -1.57. The van der Waals surface area contributed by atoms with Gasteiger partial charge in [-0.15, -0.1) is 0 Å². The van der Waals surface area contributed by atoms with Gasteiger partial charge in [0.2, 0.25) is 0 Å². The van der Waals surface area contributed by atoms with Gasteiger partial charge in [0.1, 0.15) is 6.61 Å². The second-order valence-corrected chi connectivity index (χ2v) is 3.71. The Morgan fingerprint density at radius 3 is 2.59 bits per heavy atom. The molecule has 0 bridgehead atoms. The standard InChI is InChI=1S/C12H12ClNO3/c1-16-6-7-17-12(15)11(8-14)9-2-4-10(13)5-3-9/h2-5,11H,6-7H2,1H3. The molecule has 90 valence electrons. The van der Waals surface area contributed by atoms with Crippen LogP contribution < -0.4 is 0 Å². The van der Waals surface area contributed by atoms with Gasteiger partial charge < -0.3 is 9.47 Å². The van der Waals surface area contributed by atoms with Gasteiger partial charge in [0, 0.05) is 12.1 Å². The van der Waals surface area contributed by atoms with Crippen molar-refractivity contribution in [2.24, 2.45) is 0 Å². The van der Waals surface area contributed by atoms with Gasteiger partial charge in [-0.05, 0) is 17.7 Å². The van der Waals surface area contributed by atoms with E-state index >= 15 is 0 Å². The van der Waals surface area contributed by atoms with E-state index in [-0.39, 0.29) is 6.61 Å². The van der Waals surface area contributed by atoms with Crippen LogP contribution in [0.3, 0.4) is 0 Å². The van der Waals surface area contributed by atoms with Gasteiger partial charge in [0.25, 0.3) is 0 Å². The van der Waals surface area contributed by atoms with E-state index in [9.17, 15) is 4.79 Å². The molecule has 1 unspecified atom stereocenters. The molecule has 1 aromatic rings. The van der Waals surface area contributed by atoms with Crippen LogP contribution in [0, 0.1) is 11.3 Å². The Labute approximate surface area is 105 Å². The number of carbonyl (C=O) groups is 1. The first-order valence-corrected chi connectivity index (χ1v) is 5.37. The number of nitriles is 1. The molecule has 0 amide bonds. The largest absolute Gasteiger partial charge is 0.462 e. The second-order valence-electron chi connectivity index (χ2n) is 3.27. The van der Waals surface area contributed by atoms with Gasteiger partial charge >= 0.3 is 5.97 Å². The average Bonchev–Trinajstić information content (AvgIpc) is 2.33. The van der Waals surface area contributed by atoms with Crippen molar-refractivity contribution < 1.29 is 14.3 Å². The zero-order valence-electron chi connectivity index (χ0n) is 9.35. The van der Waals surface area contributed by atoms with Crippen LogP contribution in [0.15, 0.2) is 24.3 Å². The first kappa shape index (κ1) is 13.5. The van der Waals surface area contributed by atoms with Crippen molar-refractivity contribution in [1.82, 2.24) is 0 Å². The number of halogens is 1. The Balaban J connectivity index is 2.68. The lowest BCUT2D eigenvalue weighted by Crippen LogP contribution is -2.17. The summed E-state index contributed by atoms with van der Waals surface area (Å²) in [6, 6.07) is 8.43. The maximum absolute atomic E-state index is 11.6. The monoisotopic (exact) mass is 253 g/mol. The fraction of sp³-hybridized carbons (Fsp3) is 0.333. The van der Waals surface area contributed by atoms with E-state index < -0.39 is 11.9 Å². The van der Waals surface area contributed by atoms with Gasteiger partial charge in [0.05, 0.1) is 12.7 Å². The van der Waals surface area contributed by atoms with Gasteiger partial charge in [-0.1, -0.05) is 23.7 Å². The molecule has 1 rings (SSSR count). The third kappa shape index (κ3) is 4.06. The van der Waals surface area contributed by atoms with Gasteiger partial charge in [0.15, 0.2) is 5.92 Å². The summed E-state index contributed by atoms with van der Waals surface area (Å²) in [7, 11) is 1.51. The Morgan fingerprint density at radius 1 is 1.41 bits per heavy atom. The van der Waals surface area contributed by atoms with Gasteiger partial charge in [-0.3, -0.25) is 4.79 Å². The highest BCUT2D eigenvalue weighted by atomic mass is 35.5. The minimum Gasteiger partial charge on any atom is -0.462 e. The lowest BCUT2D eigenvalue weighted by molar-refractivity contribution is -0.145. The Kier molecular flexibility index (Phi) is 5.47.